The van der Waals surface area contributed by atoms with Crippen molar-refractivity contribution in [3.8, 4) is 17.2 Å². The van der Waals surface area contributed by atoms with Gasteiger partial charge < -0.3 is 4.40 Å². The quantitative estimate of drug-likeness (QED) is 0.731. The fraction of sp³-hybridized carbons (Fsp3) is 0. The molecule has 102 valence electrons. The Morgan fingerprint density at radius 2 is 1.86 bits per heavy atom. The van der Waals surface area contributed by atoms with Crippen LogP contribution >= 0.6 is 0 Å². The number of benzene rings is 1. The Morgan fingerprint density at radius 1 is 1.05 bits per heavy atom. The summed E-state index contributed by atoms with van der Waals surface area (Å²) in [6.07, 6.45) is 1.63. The molecule has 0 aliphatic carbocycles. The molecule has 0 spiro atoms. The van der Waals surface area contributed by atoms with Gasteiger partial charge in [-0.3, -0.25) is 5.41 Å². The van der Waals surface area contributed by atoms with Crippen molar-refractivity contribution in [2.75, 3.05) is 0 Å². The van der Waals surface area contributed by atoms with Crippen LogP contribution in [-0.4, -0.2) is 4.40 Å². The predicted octanol–water partition coefficient (Wildman–Crippen LogP) is 3.24. The monoisotopic (exact) mass is 281 g/mol. The van der Waals surface area contributed by atoms with Crippen LogP contribution in [0.5, 0.6) is 0 Å². The molecule has 5 heteroatoms. The van der Waals surface area contributed by atoms with Crippen LogP contribution in [0.4, 0.5) is 8.78 Å². The third kappa shape index (κ3) is 2.07. The zero-order chi connectivity index (χ0) is 15.0. The molecule has 1 aromatic carbocycles. The van der Waals surface area contributed by atoms with Crippen LogP contribution in [0.15, 0.2) is 48.7 Å². The maximum atomic E-state index is 13.9. The average molecular weight is 281 g/mol. The number of hydrogen-bond acceptors (Lipinski definition) is 2. The maximum absolute atomic E-state index is 13.9. The average Bonchev–Trinajstić information content (AvgIpc) is 2.49. The number of fused-ring (bicyclic) bond motifs is 1. The van der Waals surface area contributed by atoms with Crippen LogP contribution in [0.25, 0.3) is 16.6 Å². The molecular formula is C16H9F2N3. The van der Waals surface area contributed by atoms with E-state index < -0.39 is 11.6 Å². The second kappa shape index (κ2) is 4.84. The van der Waals surface area contributed by atoms with E-state index in [0.29, 0.717) is 11.1 Å². The highest BCUT2D eigenvalue weighted by Crippen LogP contribution is 2.22. The number of halogens is 2. The third-order valence-electron chi connectivity index (χ3n) is 3.26. The van der Waals surface area contributed by atoms with Crippen molar-refractivity contribution in [2.24, 2.45) is 0 Å². The summed E-state index contributed by atoms with van der Waals surface area (Å²) in [4.78, 5) is 0. The molecule has 0 saturated carbocycles. The van der Waals surface area contributed by atoms with Crippen molar-refractivity contribution < 1.29 is 8.78 Å². The Morgan fingerprint density at radius 3 is 2.57 bits per heavy atom. The van der Waals surface area contributed by atoms with Gasteiger partial charge in [0.05, 0.1) is 11.1 Å². The minimum atomic E-state index is -0.761. The Hall–Kier alpha value is -3.00. The molecule has 2 heterocycles. The lowest BCUT2D eigenvalue weighted by atomic mass is 10.0. The molecular weight excluding hydrogens is 272 g/mol. The molecule has 0 atom stereocenters. The highest BCUT2D eigenvalue weighted by Gasteiger charge is 2.12. The Bertz CT molecular complexity index is 952. The Labute approximate surface area is 118 Å². The molecule has 0 radical (unpaired) electrons. The summed E-state index contributed by atoms with van der Waals surface area (Å²) in [6.45, 7) is 0. The van der Waals surface area contributed by atoms with E-state index in [0.717, 1.165) is 12.1 Å². The fourth-order valence-electron chi connectivity index (χ4n) is 2.28. The van der Waals surface area contributed by atoms with Crippen LogP contribution in [0.2, 0.25) is 0 Å². The lowest BCUT2D eigenvalue weighted by Gasteiger charge is -2.09. The number of hydrogen-bond donors (Lipinski definition) is 1. The molecule has 0 aliphatic heterocycles. The van der Waals surface area contributed by atoms with Gasteiger partial charge in [0, 0.05) is 23.4 Å². The standard InChI is InChI=1S/C16H9F2N3/c17-11-4-5-12(14(18)8-11)13-7-10(9-19)15-3-1-2-6-21(15)16(13)20/h1-8,20H. The van der Waals surface area contributed by atoms with Gasteiger partial charge in [0.25, 0.3) is 0 Å². The van der Waals surface area contributed by atoms with E-state index in [4.69, 9.17) is 5.41 Å². The number of nitrogens with zero attached hydrogens (tertiary/aromatic N) is 2. The van der Waals surface area contributed by atoms with Gasteiger partial charge in [-0.1, -0.05) is 6.07 Å². The summed E-state index contributed by atoms with van der Waals surface area (Å²) in [5, 5.41) is 17.4. The van der Waals surface area contributed by atoms with Crippen molar-refractivity contribution in [1.29, 1.82) is 10.7 Å². The molecule has 3 aromatic rings. The largest absolute Gasteiger partial charge is 0.300 e. The summed E-state index contributed by atoms with van der Waals surface area (Å²) in [6, 6.07) is 11.8. The molecule has 0 amide bonds. The van der Waals surface area contributed by atoms with Gasteiger partial charge in [0.15, 0.2) is 0 Å². The van der Waals surface area contributed by atoms with Gasteiger partial charge in [-0.2, -0.15) is 5.26 Å². The summed E-state index contributed by atoms with van der Waals surface area (Å²) in [5.74, 6) is -1.44. The molecule has 3 nitrogen and oxygen atoms in total. The normalized spacial score (nSPS) is 10.5. The van der Waals surface area contributed by atoms with Gasteiger partial charge in [-0.25, -0.2) is 8.78 Å². The molecule has 3 rings (SSSR count). The summed E-state index contributed by atoms with van der Waals surface area (Å²) >= 11 is 0. The number of rotatable bonds is 1. The first-order valence-electron chi connectivity index (χ1n) is 6.16. The minimum absolute atomic E-state index is 0.0371. The van der Waals surface area contributed by atoms with Crippen LogP contribution in [0.3, 0.4) is 0 Å². The first-order chi connectivity index (χ1) is 10.1. The number of aromatic nitrogens is 1. The van der Waals surface area contributed by atoms with Gasteiger partial charge in [-0.05, 0) is 30.3 Å². The third-order valence-corrected chi connectivity index (χ3v) is 3.26. The van der Waals surface area contributed by atoms with E-state index in [2.05, 4.69) is 0 Å². The first-order valence-corrected chi connectivity index (χ1v) is 6.16. The number of pyridine rings is 2. The van der Waals surface area contributed by atoms with Gasteiger partial charge >= 0.3 is 0 Å². The van der Waals surface area contributed by atoms with E-state index in [1.165, 1.54) is 16.5 Å². The lowest BCUT2D eigenvalue weighted by Crippen LogP contribution is -2.17. The van der Waals surface area contributed by atoms with Gasteiger partial charge in [-0.15, -0.1) is 0 Å². The molecule has 0 unspecified atom stereocenters. The van der Waals surface area contributed by atoms with Gasteiger partial charge in [0.1, 0.15) is 23.2 Å². The maximum Gasteiger partial charge on any atom is 0.137 e. The first kappa shape index (κ1) is 13.0. The second-order valence-corrected chi connectivity index (χ2v) is 4.51. The highest BCUT2D eigenvalue weighted by atomic mass is 19.1. The van der Waals surface area contributed by atoms with Crippen molar-refractivity contribution in [1.82, 2.24) is 4.40 Å². The van der Waals surface area contributed by atoms with E-state index >= 15 is 0 Å². The fourth-order valence-corrected chi connectivity index (χ4v) is 2.28. The zero-order valence-corrected chi connectivity index (χ0v) is 10.8. The number of nitriles is 1. The zero-order valence-electron chi connectivity index (χ0n) is 10.8. The molecule has 1 N–H and O–H groups in total. The predicted molar refractivity (Wildman–Crippen MR) is 73.3 cm³/mol. The molecule has 0 saturated heterocycles. The van der Waals surface area contributed by atoms with Crippen molar-refractivity contribution in [2.45, 2.75) is 0 Å². The van der Waals surface area contributed by atoms with Crippen LogP contribution in [-0.2, 0) is 0 Å². The highest BCUT2D eigenvalue weighted by molar-refractivity contribution is 5.71. The van der Waals surface area contributed by atoms with Gasteiger partial charge in [0.2, 0.25) is 0 Å². The Kier molecular flexibility index (Phi) is 2.99. The molecule has 0 fully saturated rings. The van der Waals surface area contributed by atoms with Crippen molar-refractivity contribution in [3.63, 3.8) is 0 Å². The van der Waals surface area contributed by atoms with Crippen molar-refractivity contribution >= 4 is 5.52 Å². The molecule has 0 bridgehead atoms. The minimum Gasteiger partial charge on any atom is -0.300 e. The van der Waals surface area contributed by atoms with Crippen LogP contribution < -0.4 is 5.49 Å². The summed E-state index contributed by atoms with van der Waals surface area (Å²) in [5.41, 5.74) is 1.26. The van der Waals surface area contributed by atoms with E-state index in [1.807, 2.05) is 6.07 Å². The molecule has 2 aromatic heterocycles. The Balaban J connectivity index is 2.42. The molecule has 21 heavy (non-hydrogen) atoms. The summed E-state index contributed by atoms with van der Waals surface area (Å²) in [7, 11) is 0. The SMILES string of the molecule is N#Cc1cc(-c2ccc(F)cc2F)c(=N)n2ccccc12. The summed E-state index contributed by atoms with van der Waals surface area (Å²) < 4.78 is 28.5. The molecule has 0 aliphatic rings. The van der Waals surface area contributed by atoms with Crippen LogP contribution in [0, 0.1) is 28.4 Å². The van der Waals surface area contributed by atoms with Crippen molar-refractivity contribution in [3.05, 3.63) is 71.3 Å². The van der Waals surface area contributed by atoms with E-state index in [1.54, 1.807) is 24.4 Å². The van der Waals surface area contributed by atoms with Crippen LogP contribution in [0.1, 0.15) is 5.56 Å². The van der Waals surface area contributed by atoms with E-state index in [9.17, 15) is 14.0 Å². The lowest BCUT2D eigenvalue weighted by molar-refractivity contribution is 0.585. The smallest absolute Gasteiger partial charge is 0.137 e. The number of nitrogens with one attached hydrogen (secondary N) is 1. The topological polar surface area (TPSA) is 52.0 Å². The van der Waals surface area contributed by atoms with E-state index in [-0.39, 0.29) is 16.6 Å². The second-order valence-electron chi connectivity index (χ2n) is 4.51.